The van der Waals surface area contributed by atoms with Crippen LogP contribution in [0.3, 0.4) is 0 Å². The van der Waals surface area contributed by atoms with E-state index in [0.717, 1.165) is 23.2 Å². The zero-order valence-corrected chi connectivity index (χ0v) is 14.9. The van der Waals surface area contributed by atoms with E-state index in [-0.39, 0.29) is 0 Å². The molecule has 0 bridgehead atoms. The van der Waals surface area contributed by atoms with Crippen molar-refractivity contribution < 1.29 is 0 Å². The molecule has 1 N–H and O–H groups in total. The molecule has 0 fully saturated rings. The predicted molar refractivity (Wildman–Crippen MR) is 89.0 cm³/mol. The number of halogens is 1. The molecule has 0 amide bonds. The first-order valence-electron chi connectivity index (χ1n) is 7.15. The average molecular weight is 348 g/mol. The van der Waals surface area contributed by atoms with Gasteiger partial charge < -0.3 is 5.32 Å². The molecule has 0 aliphatic carbocycles. The maximum absolute atomic E-state index is 4.49. The van der Waals surface area contributed by atoms with Gasteiger partial charge in [0, 0.05) is 11.8 Å². The van der Waals surface area contributed by atoms with Crippen LogP contribution < -0.4 is 5.32 Å². The van der Waals surface area contributed by atoms with Gasteiger partial charge in [-0.15, -0.1) is 0 Å². The highest BCUT2D eigenvalue weighted by molar-refractivity contribution is 9.10. The van der Waals surface area contributed by atoms with Gasteiger partial charge in [0.1, 0.15) is 0 Å². The lowest BCUT2D eigenvalue weighted by Gasteiger charge is -2.22. The predicted octanol–water partition coefficient (Wildman–Crippen LogP) is 4.41. The first kappa shape index (κ1) is 17.1. The van der Waals surface area contributed by atoms with Gasteiger partial charge >= 0.3 is 0 Å². The normalized spacial score (nSPS) is 13.2. The molecule has 0 aliphatic rings. The van der Waals surface area contributed by atoms with Crippen molar-refractivity contribution in [3.05, 3.63) is 16.4 Å². The Balaban J connectivity index is 2.85. The number of nitrogens with one attached hydrogen (secondary N) is 1. The molecule has 19 heavy (non-hydrogen) atoms. The van der Waals surface area contributed by atoms with Crippen LogP contribution >= 0.6 is 27.7 Å². The van der Waals surface area contributed by atoms with Gasteiger partial charge in [-0.3, -0.25) is 4.68 Å². The summed E-state index contributed by atoms with van der Waals surface area (Å²) in [4.78, 5) is 0. The summed E-state index contributed by atoms with van der Waals surface area (Å²) in [7, 11) is 0. The van der Waals surface area contributed by atoms with Gasteiger partial charge in [0.15, 0.2) is 0 Å². The van der Waals surface area contributed by atoms with Crippen LogP contribution in [0.5, 0.6) is 0 Å². The van der Waals surface area contributed by atoms with Crippen LogP contribution in [-0.4, -0.2) is 27.8 Å². The molecule has 3 nitrogen and oxygen atoms in total. The SMILES string of the molecule is CCCNC(CSCCC)c1c(Br)cnn1C(C)C. The first-order chi connectivity index (χ1) is 9.11. The number of rotatable bonds is 9. The van der Waals surface area contributed by atoms with Crippen molar-refractivity contribution in [3.63, 3.8) is 0 Å². The average Bonchev–Trinajstić information content (AvgIpc) is 2.76. The second kappa shape index (κ2) is 9.03. The monoisotopic (exact) mass is 347 g/mol. The Morgan fingerprint density at radius 2 is 2.11 bits per heavy atom. The molecule has 5 heteroatoms. The van der Waals surface area contributed by atoms with Crippen LogP contribution in [0.2, 0.25) is 0 Å². The molecule has 0 spiro atoms. The summed E-state index contributed by atoms with van der Waals surface area (Å²) in [6, 6.07) is 0.763. The number of hydrogen-bond acceptors (Lipinski definition) is 3. The van der Waals surface area contributed by atoms with E-state index in [1.165, 1.54) is 17.9 Å². The van der Waals surface area contributed by atoms with Crippen LogP contribution in [-0.2, 0) is 0 Å². The summed E-state index contributed by atoms with van der Waals surface area (Å²) in [5.74, 6) is 2.32. The highest BCUT2D eigenvalue weighted by Gasteiger charge is 2.20. The minimum absolute atomic E-state index is 0.371. The van der Waals surface area contributed by atoms with Crippen molar-refractivity contribution in [1.82, 2.24) is 15.1 Å². The third-order valence-corrected chi connectivity index (χ3v) is 4.76. The molecule has 0 saturated carbocycles. The summed E-state index contributed by atoms with van der Waals surface area (Å²) in [5.41, 5.74) is 1.28. The summed E-state index contributed by atoms with van der Waals surface area (Å²) < 4.78 is 3.25. The Labute approximate surface area is 130 Å². The molecule has 0 aliphatic heterocycles. The van der Waals surface area contributed by atoms with E-state index in [9.17, 15) is 0 Å². The van der Waals surface area contributed by atoms with Crippen molar-refractivity contribution in [2.75, 3.05) is 18.1 Å². The molecular formula is C14H26BrN3S. The number of hydrogen-bond donors (Lipinski definition) is 1. The number of nitrogens with zero attached hydrogens (tertiary/aromatic N) is 2. The maximum Gasteiger partial charge on any atom is 0.0707 e. The van der Waals surface area contributed by atoms with Crippen molar-refractivity contribution in [2.24, 2.45) is 0 Å². The van der Waals surface area contributed by atoms with Gasteiger partial charge in [0.25, 0.3) is 0 Å². The van der Waals surface area contributed by atoms with E-state index in [1.54, 1.807) is 0 Å². The molecular weight excluding hydrogens is 322 g/mol. The number of thioether (sulfide) groups is 1. The van der Waals surface area contributed by atoms with Gasteiger partial charge in [-0.05, 0) is 54.9 Å². The van der Waals surface area contributed by atoms with Crippen molar-refractivity contribution >= 4 is 27.7 Å². The molecule has 1 rings (SSSR count). The molecule has 1 aromatic heterocycles. The molecule has 1 heterocycles. The number of aromatic nitrogens is 2. The summed E-state index contributed by atoms with van der Waals surface area (Å²) >= 11 is 5.67. The van der Waals surface area contributed by atoms with Gasteiger partial charge in [0.05, 0.1) is 22.4 Å². The van der Waals surface area contributed by atoms with E-state index < -0.39 is 0 Å². The first-order valence-corrected chi connectivity index (χ1v) is 9.10. The van der Waals surface area contributed by atoms with E-state index in [4.69, 9.17) is 0 Å². The van der Waals surface area contributed by atoms with Gasteiger partial charge in [-0.2, -0.15) is 16.9 Å². The fourth-order valence-corrected chi connectivity index (χ4v) is 3.50. The lowest BCUT2D eigenvalue weighted by atomic mass is 10.2. The van der Waals surface area contributed by atoms with Gasteiger partial charge in [0.2, 0.25) is 0 Å². The van der Waals surface area contributed by atoms with E-state index in [1.807, 2.05) is 18.0 Å². The van der Waals surface area contributed by atoms with Crippen LogP contribution in [0.1, 0.15) is 58.3 Å². The highest BCUT2D eigenvalue weighted by atomic mass is 79.9. The zero-order valence-electron chi connectivity index (χ0n) is 12.4. The fraction of sp³-hybridized carbons (Fsp3) is 0.786. The summed E-state index contributed by atoms with van der Waals surface area (Å²) in [6.07, 6.45) is 4.30. The van der Waals surface area contributed by atoms with Crippen LogP contribution in [0.25, 0.3) is 0 Å². The topological polar surface area (TPSA) is 29.9 Å². The molecule has 0 saturated heterocycles. The van der Waals surface area contributed by atoms with Crippen LogP contribution in [0.15, 0.2) is 10.7 Å². The Morgan fingerprint density at radius 3 is 2.68 bits per heavy atom. The van der Waals surface area contributed by atoms with Crippen molar-refractivity contribution in [1.29, 1.82) is 0 Å². The second-order valence-corrected chi connectivity index (χ2v) is 7.00. The smallest absolute Gasteiger partial charge is 0.0707 e. The Bertz CT molecular complexity index is 366. The molecule has 1 aromatic rings. The van der Waals surface area contributed by atoms with E-state index in [0.29, 0.717) is 12.1 Å². The molecule has 0 aromatic carbocycles. The molecule has 110 valence electrons. The van der Waals surface area contributed by atoms with E-state index in [2.05, 4.69) is 58.7 Å². The highest BCUT2D eigenvalue weighted by Crippen LogP contribution is 2.28. The van der Waals surface area contributed by atoms with Crippen molar-refractivity contribution in [3.8, 4) is 0 Å². The van der Waals surface area contributed by atoms with Crippen LogP contribution in [0.4, 0.5) is 0 Å². The molecule has 0 radical (unpaired) electrons. The lowest BCUT2D eigenvalue weighted by molar-refractivity contribution is 0.462. The Morgan fingerprint density at radius 1 is 1.37 bits per heavy atom. The summed E-state index contributed by atoms with van der Waals surface area (Å²) in [5, 5.41) is 8.15. The second-order valence-electron chi connectivity index (χ2n) is 5.00. The standard InChI is InChI=1S/C14H26BrN3S/c1-5-7-16-13(10-19-8-6-2)14-12(15)9-17-18(14)11(3)4/h9,11,13,16H,5-8,10H2,1-4H3. The Kier molecular flexibility index (Phi) is 8.11. The van der Waals surface area contributed by atoms with Crippen LogP contribution in [0, 0.1) is 0 Å². The van der Waals surface area contributed by atoms with Gasteiger partial charge in [-0.1, -0.05) is 13.8 Å². The molecule has 1 atom stereocenters. The summed E-state index contributed by atoms with van der Waals surface area (Å²) in [6.45, 7) is 9.85. The third kappa shape index (κ3) is 5.12. The maximum atomic E-state index is 4.49. The largest absolute Gasteiger partial charge is 0.308 e. The fourth-order valence-electron chi connectivity index (χ4n) is 1.99. The minimum atomic E-state index is 0.371. The lowest BCUT2D eigenvalue weighted by Crippen LogP contribution is -2.27. The van der Waals surface area contributed by atoms with Crippen molar-refractivity contribution in [2.45, 2.75) is 52.6 Å². The Hall–Kier alpha value is 0. The third-order valence-electron chi connectivity index (χ3n) is 2.88. The minimum Gasteiger partial charge on any atom is -0.308 e. The zero-order chi connectivity index (χ0) is 14.3. The van der Waals surface area contributed by atoms with Gasteiger partial charge in [-0.25, -0.2) is 0 Å². The quantitative estimate of drug-likeness (QED) is 0.671. The van der Waals surface area contributed by atoms with E-state index >= 15 is 0 Å². The molecule has 1 unspecified atom stereocenters.